The fourth-order valence-electron chi connectivity index (χ4n) is 1.81. The van der Waals surface area contributed by atoms with Crippen molar-refractivity contribution in [2.24, 2.45) is 5.92 Å². The van der Waals surface area contributed by atoms with Crippen molar-refractivity contribution in [1.29, 1.82) is 0 Å². The Morgan fingerprint density at radius 2 is 2.25 bits per heavy atom. The summed E-state index contributed by atoms with van der Waals surface area (Å²) in [7, 11) is -2.75. The molecule has 0 aromatic heterocycles. The Bertz CT molecular complexity index is 256. The van der Waals surface area contributed by atoms with Gasteiger partial charge in [-0.15, -0.1) is 0 Å². The van der Waals surface area contributed by atoms with E-state index in [1.165, 1.54) is 0 Å². The second kappa shape index (κ2) is 2.97. The average Bonchev–Trinajstić information content (AvgIpc) is 2.55. The van der Waals surface area contributed by atoms with Gasteiger partial charge >= 0.3 is 0 Å². The van der Waals surface area contributed by atoms with Crippen LogP contribution in [0.15, 0.2) is 0 Å². The molecule has 0 spiro atoms. The molecule has 2 heterocycles. The highest BCUT2D eigenvalue weighted by Crippen LogP contribution is 2.23. The van der Waals surface area contributed by atoms with E-state index < -0.39 is 9.84 Å². The van der Waals surface area contributed by atoms with E-state index in [9.17, 15) is 8.42 Å². The van der Waals surface area contributed by atoms with E-state index in [2.05, 4.69) is 5.32 Å². The van der Waals surface area contributed by atoms with E-state index in [1.54, 1.807) is 0 Å². The van der Waals surface area contributed by atoms with Crippen LogP contribution in [-0.4, -0.2) is 39.3 Å². The summed E-state index contributed by atoms with van der Waals surface area (Å²) in [6.45, 7) is 1.56. The van der Waals surface area contributed by atoms with Crippen LogP contribution in [0.3, 0.4) is 0 Å². The molecule has 1 N–H and O–H groups in total. The molecule has 2 rings (SSSR count). The van der Waals surface area contributed by atoms with Gasteiger partial charge in [0.2, 0.25) is 0 Å². The number of ether oxygens (including phenoxy) is 1. The van der Waals surface area contributed by atoms with Crippen LogP contribution in [0, 0.1) is 5.92 Å². The van der Waals surface area contributed by atoms with Gasteiger partial charge in [0.05, 0.1) is 18.1 Å². The van der Waals surface area contributed by atoms with Gasteiger partial charge in [0.1, 0.15) is 6.23 Å². The first-order chi connectivity index (χ1) is 5.67. The van der Waals surface area contributed by atoms with Crippen molar-refractivity contribution < 1.29 is 13.2 Å². The van der Waals surface area contributed by atoms with Crippen LogP contribution in [-0.2, 0) is 14.6 Å². The zero-order valence-corrected chi connectivity index (χ0v) is 7.64. The maximum Gasteiger partial charge on any atom is 0.150 e. The molecule has 0 bridgehead atoms. The summed E-state index contributed by atoms with van der Waals surface area (Å²) in [6, 6.07) is 0. The second-order valence-electron chi connectivity index (χ2n) is 3.41. The molecule has 2 unspecified atom stereocenters. The molecule has 2 aliphatic rings. The maximum atomic E-state index is 11.1. The largest absolute Gasteiger partial charge is 0.362 e. The van der Waals surface area contributed by atoms with Gasteiger partial charge in [0, 0.05) is 12.5 Å². The van der Waals surface area contributed by atoms with Crippen LogP contribution in [0.4, 0.5) is 0 Å². The van der Waals surface area contributed by atoms with Crippen LogP contribution >= 0.6 is 0 Å². The van der Waals surface area contributed by atoms with Crippen molar-refractivity contribution in [2.75, 3.05) is 24.7 Å². The minimum atomic E-state index is -2.75. The summed E-state index contributed by atoms with van der Waals surface area (Å²) < 4.78 is 27.6. The van der Waals surface area contributed by atoms with Gasteiger partial charge < -0.3 is 4.74 Å². The Morgan fingerprint density at radius 1 is 1.42 bits per heavy atom. The van der Waals surface area contributed by atoms with Crippen molar-refractivity contribution in [3.05, 3.63) is 0 Å². The third kappa shape index (κ3) is 1.62. The molecule has 12 heavy (non-hydrogen) atoms. The Balaban J connectivity index is 1.99. The van der Waals surface area contributed by atoms with Gasteiger partial charge in [0.15, 0.2) is 9.84 Å². The lowest BCUT2D eigenvalue weighted by Gasteiger charge is -2.15. The summed E-state index contributed by atoms with van der Waals surface area (Å²) >= 11 is 0. The van der Waals surface area contributed by atoms with Crippen molar-refractivity contribution >= 4 is 9.84 Å². The third-order valence-electron chi connectivity index (χ3n) is 2.44. The van der Waals surface area contributed by atoms with E-state index in [-0.39, 0.29) is 12.1 Å². The fraction of sp³-hybridized carbons (Fsp3) is 1.00. The van der Waals surface area contributed by atoms with Crippen molar-refractivity contribution in [1.82, 2.24) is 5.32 Å². The van der Waals surface area contributed by atoms with Crippen molar-refractivity contribution in [2.45, 2.75) is 12.6 Å². The first kappa shape index (κ1) is 8.47. The Morgan fingerprint density at radius 3 is 2.75 bits per heavy atom. The summed E-state index contributed by atoms with van der Waals surface area (Å²) in [5, 5.41) is 3.15. The molecule has 0 saturated carbocycles. The van der Waals surface area contributed by atoms with E-state index >= 15 is 0 Å². The first-order valence-electron chi connectivity index (χ1n) is 4.23. The normalized spacial score (nSPS) is 40.3. The molecule has 2 saturated heterocycles. The molecule has 0 aromatic rings. The minimum Gasteiger partial charge on any atom is -0.362 e. The molecule has 2 atom stereocenters. The number of rotatable bonds is 1. The Hall–Kier alpha value is -0.130. The van der Waals surface area contributed by atoms with Gasteiger partial charge in [-0.2, -0.15) is 0 Å². The van der Waals surface area contributed by atoms with Gasteiger partial charge in [0.25, 0.3) is 0 Å². The average molecular weight is 191 g/mol. The van der Waals surface area contributed by atoms with Gasteiger partial charge in [-0.25, -0.2) is 8.42 Å². The lowest BCUT2D eigenvalue weighted by atomic mass is 10.1. The van der Waals surface area contributed by atoms with Crippen LogP contribution in [0.2, 0.25) is 0 Å². The SMILES string of the molecule is O=S1(=O)CCC(C2NCCO2)C1. The number of sulfone groups is 1. The lowest BCUT2D eigenvalue weighted by molar-refractivity contribution is 0.0610. The lowest BCUT2D eigenvalue weighted by Crippen LogP contribution is -2.32. The summed E-state index contributed by atoms with van der Waals surface area (Å²) in [6.07, 6.45) is 0.738. The Labute approximate surface area is 72.2 Å². The van der Waals surface area contributed by atoms with E-state index in [1.807, 2.05) is 0 Å². The van der Waals surface area contributed by atoms with Crippen LogP contribution in [0.25, 0.3) is 0 Å². The summed E-state index contributed by atoms with van der Waals surface area (Å²) in [5.41, 5.74) is 0. The number of hydrogen-bond donors (Lipinski definition) is 1. The summed E-state index contributed by atoms with van der Waals surface area (Å²) in [4.78, 5) is 0. The molecule has 70 valence electrons. The molecule has 4 nitrogen and oxygen atoms in total. The standard InChI is InChI=1S/C7H13NO3S/c9-12(10)4-1-6(5-12)7-8-2-3-11-7/h6-8H,1-5H2. The van der Waals surface area contributed by atoms with Crippen LogP contribution in [0.5, 0.6) is 0 Å². The van der Waals surface area contributed by atoms with Crippen LogP contribution in [0.1, 0.15) is 6.42 Å². The topological polar surface area (TPSA) is 55.4 Å². The number of hydrogen-bond acceptors (Lipinski definition) is 4. The van der Waals surface area contributed by atoms with E-state index in [4.69, 9.17) is 4.74 Å². The zero-order valence-electron chi connectivity index (χ0n) is 6.82. The molecule has 0 amide bonds. The summed E-state index contributed by atoms with van der Waals surface area (Å²) in [5.74, 6) is 0.807. The molecule has 2 aliphatic heterocycles. The first-order valence-corrected chi connectivity index (χ1v) is 6.05. The zero-order chi connectivity index (χ0) is 8.60. The quantitative estimate of drug-likeness (QED) is 0.599. The van der Waals surface area contributed by atoms with Gasteiger partial charge in [-0.05, 0) is 6.42 Å². The second-order valence-corrected chi connectivity index (χ2v) is 5.64. The predicted octanol–water partition coefficient (Wildman–Crippen LogP) is -0.633. The van der Waals surface area contributed by atoms with Gasteiger partial charge in [-0.3, -0.25) is 5.32 Å². The third-order valence-corrected chi connectivity index (χ3v) is 4.23. The molecule has 5 heteroatoms. The molecule has 0 radical (unpaired) electrons. The highest BCUT2D eigenvalue weighted by Gasteiger charge is 2.35. The fourth-order valence-corrected chi connectivity index (χ4v) is 3.63. The minimum absolute atomic E-state index is 0.0118. The van der Waals surface area contributed by atoms with Crippen molar-refractivity contribution in [3.63, 3.8) is 0 Å². The van der Waals surface area contributed by atoms with Crippen molar-refractivity contribution in [3.8, 4) is 0 Å². The monoisotopic (exact) mass is 191 g/mol. The Kier molecular flexibility index (Phi) is 2.10. The maximum absolute atomic E-state index is 11.1. The van der Waals surface area contributed by atoms with E-state index in [0.29, 0.717) is 18.1 Å². The molecule has 2 fully saturated rings. The highest BCUT2D eigenvalue weighted by molar-refractivity contribution is 7.91. The highest BCUT2D eigenvalue weighted by atomic mass is 32.2. The molecule has 0 aromatic carbocycles. The van der Waals surface area contributed by atoms with Crippen LogP contribution < -0.4 is 5.32 Å². The molecular formula is C7H13NO3S. The smallest absolute Gasteiger partial charge is 0.150 e. The van der Waals surface area contributed by atoms with E-state index in [0.717, 1.165) is 13.0 Å². The molecule has 0 aliphatic carbocycles. The molecular weight excluding hydrogens is 178 g/mol. The predicted molar refractivity (Wildman–Crippen MR) is 44.5 cm³/mol. The number of nitrogens with one attached hydrogen (secondary N) is 1. The van der Waals surface area contributed by atoms with Gasteiger partial charge in [-0.1, -0.05) is 0 Å².